The van der Waals surface area contributed by atoms with E-state index in [2.05, 4.69) is 241 Å². The van der Waals surface area contributed by atoms with E-state index in [4.69, 9.17) is 9.72 Å². The number of hydrogen-bond acceptors (Lipinski definition) is 4. The normalized spacial score (nSPS) is 21.7. The summed E-state index contributed by atoms with van der Waals surface area (Å²) in [6.07, 6.45) is 8.78. The van der Waals surface area contributed by atoms with Crippen molar-refractivity contribution in [3.8, 4) is 17.3 Å². The number of nitrogens with zero attached hydrogens (tertiary/aromatic N) is 4. The molecule has 3 heterocycles. The summed E-state index contributed by atoms with van der Waals surface area (Å²) in [5.74, 6) is 5.50. The maximum absolute atomic E-state index is 7.16. The van der Waals surface area contributed by atoms with Crippen molar-refractivity contribution < 1.29 is 4.74 Å². The van der Waals surface area contributed by atoms with Crippen molar-refractivity contribution >= 4 is 55.3 Å². The average molecular weight is 959 g/mol. The first-order valence-corrected chi connectivity index (χ1v) is 27.1. The highest BCUT2D eigenvalue weighted by molar-refractivity contribution is 6.09. The molecular formula is C68H70N4O. The van der Waals surface area contributed by atoms with Gasteiger partial charge in [-0.1, -0.05) is 153 Å². The van der Waals surface area contributed by atoms with Gasteiger partial charge in [-0.3, -0.25) is 4.57 Å². The Bertz CT molecular complexity index is 3570. The van der Waals surface area contributed by atoms with Crippen molar-refractivity contribution in [2.75, 3.05) is 16.5 Å². The maximum Gasteiger partial charge on any atom is 0.137 e. The van der Waals surface area contributed by atoms with Crippen molar-refractivity contribution in [2.45, 2.75) is 116 Å². The summed E-state index contributed by atoms with van der Waals surface area (Å²) in [5.41, 5.74) is 13.7. The summed E-state index contributed by atoms with van der Waals surface area (Å²) < 4.78 is 9.57. The van der Waals surface area contributed by atoms with Crippen LogP contribution in [-0.4, -0.2) is 16.2 Å². The van der Waals surface area contributed by atoms with Crippen molar-refractivity contribution in [3.63, 3.8) is 0 Å². The number of ether oxygens (including phenoxy) is 1. The Kier molecular flexibility index (Phi) is 10.4. The third kappa shape index (κ3) is 7.42. The number of fused-ring (bicyclic) bond motifs is 5. The molecule has 73 heavy (non-hydrogen) atoms. The molecule has 5 nitrogen and oxygen atoms in total. The molecule has 5 aliphatic rings. The number of anilines is 4. The molecule has 368 valence electrons. The molecule has 2 aromatic heterocycles. The van der Waals surface area contributed by atoms with Crippen molar-refractivity contribution in [3.05, 3.63) is 192 Å². The van der Waals surface area contributed by atoms with Crippen LogP contribution in [0.3, 0.4) is 0 Å². The molecule has 14 rings (SSSR count). The van der Waals surface area contributed by atoms with Gasteiger partial charge in [-0.2, -0.15) is 0 Å². The van der Waals surface area contributed by atoms with Gasteiger partial charge in [0.05, 0.1) is 28.1 Å². The molecular weight excluding hydrogens is 889 g/mol. The molecule has 0 unspecified atom stereocenters. The predicted octanol–water partition coefficient (Wildman–Crippen LogP) is 18.0. The van der Waals surface area contributed by atoms with E-state index in [1.54, 1.807) is 0 Å². The van der Waals surface area contributed by atoms with E-state index in [0.717, 1.165) is 45.9 Å². The fraction of sp³-hybridized carbons (Fsp3) is 0.338. The van der Waals surface area contributed by atoms with E-state index >= 15 is 0 Å². The van der Waals surface area contributed by atoms with Gasteiger partial charge in [-0.25, -0.2) is 4.98 Å². The third-order valence-corrected chi connectivity index (χ3v) is 17.7. The lowest BCUT2D eigenvalue weighted by Gasteiger charge is -2.62. The molecule has 0 amide bonds. The largest absolute Gasteiger partial charge is 0.457 e. The minimum absolute atomic E-state index is 0.0494. The molecule has 0 N–H and O–H groups in total. The Labute approximate surface area is 432 Å². The van der Waals surface area contributed by atoms with Crippen molar-refractivity contribution in [2.24, 2.45) is 23.7 Å². The quantitative estimate of drug-likeness (QED) is 0.159. The molecule has 5 heteroatoms. The first-order valence-electron chi connectivity index (χ1n) is 27.1. The third-order valence-electron chi connectivity index (χ3n) is 17.7. The molecule has 0 radical (unpaired) electrons. The molecule has 0 spiro atoms. The summed E-state index contributed by atoms with van der Waals surface area (Å²) in [7, 11) is 0. The Morgan fingerprint density at radius 3 is 1.82 bits per heavy atom. The minimum Gasteiger partial charge on any atom is -0.457 e. The van der Waals surface area contributed by atoms with Gasteiger partial charge in [-0.05, 0) is 165 Å². The molecule has 9 aromatic rings. The first kappa shape index (κ1) is 46.0. The summed E-state index contributed by atoms with van der Waals surface area (Å²) >= 11 is 0. The molecule has 0 atom stereocenters. The van der Waals surface area contributed by atoms with Crippen molar-refractivity contribution in [1.29, 1.82) is 0 Å². The van der Waals surface area contributed by atoms with E-state index in [-0.39, 0.29) is 21.7 Å². The van der Waals surface area contributed by atoms with Crippen LogP contribution >= 0.6 is 0 Å². The zero-order chi connectivity index (χ0) is 50.2. The van der Waals surface area contributed by atoms with E-state index in [1.165, 1.54) is 98.5 Å². The smallest absolute Gasteiger partial charge is 0.137 e. The lowest BCUT2D eigenvalue weighted by molar-refractivity contribution is -0.0412. The molecule has 4 fully saturated rings. The predicted molar refractivity (Wildman–Crippen MR) is 305 cm³/mol. The van der Waals surface area contributed by atoms with E-state index < -0.39 is 0 Å². The molecule has 1 aliphatic heterocycles. The number of benzene rings is 7. The second kappa shape index (κ2) is 16.6. The van der Waals surface area contributed by atoms with Gasteiger partial charge in [0, 0.05) is 40.2 Å². The van der Waals surface area contributed by atoms with Crippen LogP contribution in [0.4, 0.5) is 22.7 Å². The summed E-state index contributed by atoms with van der Waals surface area (Å²) in [5, 5.41) is 5.14. The summed E-state index contributed by atoms with van der Waals surface area (Å²) in [6, 6.07) is 59.2. The van der Waals surface area contributed by atoms with Crippen LogP contribution in [0.2, 0.25) is 0 Å². The average Bonchev–Trinajstić information content (AvgIpc) is 3.91. The van der Waals surface area contributed by atoms with Gasteiger partial charge < -0.3 is 14.5 Å². The van der Waals surface area contributed by atoms with Crippen LogP contribution in [0.5, 0.6) is 11.5 Å². The van der Waals surface area contributed by atoms with Gasteiger partial charge in [0.15, 0.2) is 0 Å². The number of para-hydroxylation sites is 4. The van der Waals surface area contributed by atoms with Gasteiger partial charge in [0.25, 0.3) is 0 Å². The van der Waals surface area contributed by atoms with Gasteiger partial charge in [0.1, 0.15) is 24.0 Å². The topological polar surface area (TPSA) is 33.5 Å². The van der Waals surface area contributed by atoms with Gasteiger partial charge in [0.2, 0.25) is 0 Å². The van der Waals surface area contributed by atoms with Crippen LogP contribution < -0.4 is 14.5 Å². The highest BCUT2D eigenvalue weighted by atomic mass is 16.5. The molecule has 0 saturated heterocycles. The molecule has 4 saturated carbocycles. The summed E-state index contributed by atoms with van der Waals surface area (Å²) in [4.78, 5) is 10.3. The number of hydrogen-bond donors (Lipinski definition) is 0. The Balaban J connectivity index is 0.922. The van der Waals surface area contributed by atoms with Crippen LogP contribution in [0.25, 0.3) is 38.4 Å². The van der Waals surface area contributed by atoms with Gasteiger partial charge >= 0.3 is 0 Å². The Morgan fingerprint density at radius 2 is 1.12 bits per heavy atom. The monoisotopic (exact) mass is 959 g/mol. The van der Waals surface area contributed by atoms with Crippen LogP contribution in [-0.2, 0) is 21.7 Å². The Morgan fingerprint density at radius 1 is 0.507 bits per heavy atom. The molecule has 7 aromatic carbocycles. The number of rotatable bonds is 7. The SMILES string of the molecule is CC(C)(C)c1cc(Oc2ccc3c4ccccc4n(-c4cc(C5(c6cccc7ccccc67)C6CC7CC(C6)CC5C7)ccn4)c3c2)cc(N2CN(c3c(C(C)(C)C)cccc3C(C)(C)C)c3ccccc32)c1. The fourth-order valence-electron chi connectivity index (χ4n) is 14.7. The first-order chi connectivity index (χ1) is 35.0. The maximum atomic E-state index is 7.16. The summed E-state index contributed by atoms with van der Waals surface area (Å²) in [6.45, 7) is 21.6. The van der Waals surface area contributed by atoms with Crippen LogP contribution in [0, 0.1) is 23.7 Å². The van der Waals surface area contributed by atoms with E-state index in [9.17, 15) is 0 Å². The standard InChI is InChI=1S/C68H70N4O/c1-65(2,3)47-37-50(70-42-71(61-27-15-14-26-60(61)70)64-57(66(4,5)6)23-17-24-58(64)67(7,8)9)40-52(38-47)73-51-28-29-55-54-21-12-13-25-59(54)72(62(55)41-51)63-39-46(30-31-69-63)68(48-33-43-32-44(35-48)36-49(68)34-43)56-22-16-19-45-18-10-11-20-53(45)56/h10-31,37-41,43-44,48-49H,32-36,42H2,1-9H3. The van der Waals surface area contributed by atoms with E-state index in [1.807, 2.05) is 0 Å². The molecule has 4 bridgehead atoms. The fourth-order valence-corrected chi connectivity index (χ4v) is 14.7. The minimum atomic E-state index is -0.126. The van der Waals surface area contributed by atoms with Crippen LogP contribution in [0.1, 0.15) is 122 Å². The van der Waals surface area contributed by atoms with Gasteiger partial charge in [-0.15, -0.1) is 0 Å². The Hall–Kier alpha value is -6.85. The lowest BCUT2D eigenvalue weighted by atomic mass is 9.42. The lowest BCUT2D eigenvalue weighted by Crippen LogP contribution is -2.56. The number of pyridine rings is 1. The zero-order valence-electron chi connectivity index (χ0n) is 44.3. The second-order valence-electron chi connectivity index (χ2n) is 25.4. The highest BCUT2D eigenvalue weighted by Crippen LogP contribution is 2.66. The second-order valence-corrected chi connectivity index (χ2v) is 25.4. The number of aromatic nitrogens is 2. The highest BCUT2D eigenvalue weighted by Gasteiger charge is 2.59. The van der Waals surface area contributed by atoms with Crippen LogP contribution in [0.15, 0.2) is 164 Å². The molecule has 4 aliphatic carbocycles. The zero-order valence-corrected chi connectivity index (χ0v) is 44.3. The van der Waals surface area contributed by atoms with E-state index in [0.29, 0.717) is 18.5 Å². The van der Waals surface area contributed by atoms with Crippen molar-refractivity contribution in [1.82, 2.24) is 9.55 Å².